The second-order valence-electron chi connectivity index (χ2n) is 3.79. The highest BCUT2D eigenvalue weighted by molar-refractivity contribution is 9.10. The molecular weight excluding hydrogens is 305 g/mol. The second-order valence-corrected chi connectivity index (χ2v) is 4.65. The molecule has 18 heavy (non-hydrogen) atoms. The third kappa shape index (κ3) is 4.10. The third-order valence-corrected chi connectivity index (χ3v) is 3.03. The summed E-state index contributed by atoms with van der Waals surface area (Å²) in [6.45, 7) is 1.67. The number of hydrogen-bond acceptors (Lipinski definition) is 2. The van der Waals surface area contributed by atoms with Crippen LogP contribution < -0.4 is 5.32 Å². The Morgan fingerprint density at radius 3 is 2.67 bits per heavy atom. The molecule has 0 fully saturated rings. The smallest absolute Gasteiger partial charge is 0.326 e. The topological polar surface area (TPSA) is 66.4 Å². The Hall–Kier alpha value is -1.43. The number of nitrogens with one attached hydrogen (secondary N) is 1. The molecule has 1 rings (SSSR count). The first-order valence-corrected chi connectivity index (χ1v) is 6.19. The summed E-state index contributed by atoms with van der Waals surface area (Å²) in [5.41, 5.74) is 0.494. The maximum absolute atomic E-state index is 13.2. The van der Waals surface area contributed by atoms with Crippen LogP contribution >= 0.6 is 15.9 Å². The predicted molar refractivity (Wildman–Crippen MR) is 67.7 cm³/mol. The standard InChI is InChI=1S/C12H13BrFNO3/c1-2-10(12(17)18)15-11(16)6-7-3-4-8(13)9(14)5-7/h3-5,10H,2,6H2,1H3,(H,15,16)(H,17,18). The van der Waals surface area contributed by atoms with Crippen LogP contribution in [0.3, 0.4) is 0 Å². The van der Waals surface area contributed by atoms with Gasteiger partial charge in [0.25, 0.3) is 0 Å². The first-order valence-electron chi connectivity index (χ1n) is 5.40. The van der Waals surface area contributed by atoms with Gasteiger partial charge in [-0.1, -0.05) is 13.0 Å². The minimum absolute atomic E-state index is 0.0476. The lowest BCUT2D eigenvalue weighted by atomic mass is 10.1. The Morgan fingerprint density at radius 1 is 1.50 bits per heavy atom. The fourth-order valence-corrected chi connectivity index (χ4v) is 1.67. The van der Waals surface area contributed by atoms with E-state index in [1.165, 1.54) is 12.1 Å². The Labute approximate surface area is 112 Å². The molecule has 4 nitrogen and oxygen atoms in total. The summed E-state index contributed by atoms with van der Waals surface area (Å²) in [5.74, 6) is -1.97. The first-order chi connectivity index (χ1) is 8.43. The molecule has 0 heterocycles. The van der Waals surface area contributed by atoms with Crippen molar-refractivity contribution in [3.05, 3.63) is 34.1 Å². The van der Waals surface area contributed by atoms with Crippen molar-refractivity contribution in [2.45, 2.75) is 25.8 Å². The SMILES string of the molecule is CCC(NC(=O)Cc1ccc(Br)c(F)c1)C(=O)O. The lowest BCUT2D eigenvalue weighted by Crippen LogP contribution is -2.40. The van der Waals surface area contributed by atoms with Gasteiger partial charge in [-0.25, -0.2) is 9.18 Å². The number of aliphatic carboxylic acids is 1. The predicted octanol–water partition coefficient (Wildman–Crippen LogP) is 2.11. The van der Waals surface area contributed by atoms with Gasteiger partial charge in [0, 0.05) is 0 Å². The van der Waals surface area contributed by atoms with E-state index < -0.39 is 23.7 Å². The largest absolute Gasteiger partial charge is 0.480 e. The summed E-state index contributed by atoms with van der Waals surface area (Å²) in [6, 6.07) is 3.45. The van der Waals surface area contributed by atoms with Gasteiger partial charge in [-0.15, -0.1) is 0 Å². The molecule has 6 heteroatoms. The van der Waals surface area contributed by atoms with Crippen LogP contribution in [0.25, 0.3) is 0 Å². The van der Waals surface area contributed by atoms with Crippen molar-refractivity contribution in [3.63, 3.8) is 0 Å². The van der Waals surface area contributed by atoms with Gasteiger partial charge < -0.3 is 10.4 Å². The number of carbonyl (C=O) groups excluding carboxylic acids is 1. The van der Waals surface area contributed by atoms with Crippen molar-refractivity contribution >= 4 is 27.8 Å². The van der Waals surface area contributed by atoms with Crippen LogP contribution in [0.4, 0.5) is 4.39 Å². The van der Waals surface area contributed by atoms with Crippen LogP contribution in [-0.4, -0.2) is 23.0 Å². The maximum atomic E-state index is 13.2. The molecule has 0 aliphatic carbocycles. The molecule has 1 amide bonds. The number of halogens is 2. The number of benzene rings is 1. The summed E-state index contributed by atoms with van der Waals surface area (Å²) in [7, 11) is 0. The molecule has 0 aliphatic heterocycles. The van der Waals surface area contributed by atoms with Crippen LogP contribution in [0.15, 0.2) is 22.7 Å². The van der Waals surface area contributed by atoms with E-state index in [1.54, 1.807) is 13.0 Å². The Morgan fingerprint density at radius 2 is 2.17 bits per heavy atom. The molecule has 0 spiro atoms. The quantitative estimate of drug-likeness (QED) is 0.874. The lowest BCUT2D eigenvalue weighted by Gasteiger charge is -2.12. The van der Waals surface area contributed by atoms with E-state index in [1.807, 2.05) is 0 Å². The molecule has 0 radical (unpaired) electrons. The van der Waals surface area contributed by atoms with Crippen LogP contribution in [-0.2, 0) is 16.0 Å². The zero-order valence-corrected chi connectivity index (χ0v) is 11.3. The zero-order valence-electron chi connectivity index (χ0n) is 9.74. The Balaban J connectivity index is 2.64. The van der Waals surface area contributed by atoms with E-state index in [-0.39, 0.29) is 6.42 Å². The molecule has 0 aromatic heterocycles. The molecule has 98 valence electrons. The summed E-state index contributed by atoms with van der Waals surface area (Å²) >= 11 is 3.01. The van der Waals surface area contributed by atoms with E-state index in [4.69, 9.17) is 5.11 Å². The van der Waals surface area contributed by atoms with E-state index >= 15 is 0 Å². The number of carboxylic acid groups (broad SMARTS) is 1. The molecule has 1 atom stereocenters. The monoisotopic (exact) mass is 317 g/mol. The minimum atomic E-state index is -1.08. The van der Waals surface area contributed by atoms with Crippen molar-refractivity contribution in [1.29, 1.82) is 0 Å². The van der Waals surface area contributed by atoms with Crippen molar-refractivity contribution in [2.75, 3.05) is 0 Å². The molecule has 0 aliphatic rings. The normalized spacial score (nSPS) is 11.9. The number of carbonyl (C=O) groups is 2. The fourth-order valence-electron chi connectivity index (χ4n) is 1.42. The first kappa shape index (κ1) is 14.6. The number of carboxylic acids is 1. The van der Waals surface area contributed by atoms with E-state index in [0.29, 0.717) is 16.5 Å². The van der Waals surface area contributed by atoms with Crippen molar-refractivity contribution < 1.29 is 19.1 Å². The molecule has 0 saturated heterocycles. The highest BCUT2D eigenvalue weighted by Gasteiger charge is 2.17. The summed E-state index contributed by atoms with van der Waals surface area (Å²) in [6.07, 6.45) is 0.254. The van der Waals surface area contributed by atoms with Gasteiger partial charge in [-0.2, -0.15) is 0 Å². The minimum Gasteiger partial charge on any atom is -0.480 e. The molecule has 0 bridgehead atoms. The van der Waals surface area contributed by atoms with Gasteiger partial charge in [0.2, 0.25) is 5.91 Å². The van der Waals surface area contributed by atoms with E-state index in [0.717, 1.165) is 0 Å². The average molecular weight is 318 g/mol. The maximum Gasteiger partial charge on any atom is 0.326 e. The van der Waals surface area contributed by atoms with E-state index in [9.17, 15) is 14.0 Å². The van der Waals surface area contributed by atoms with Crippen LogP contribution in [0, 0.1) is 5.82 Å². The average Bonchev–Trinajstić information content (AvgIpc) is 2.30. The molecule has 0 saturated carbocycles. The highest BCUT2D eigenvalue weighted by Crippen LogP contribution is 2.16. The third-order valence-electron chi connectivity index (χ3n) is 2.39. The fraction of sp³-hybridized carbons (Fsp3) is 0.333. The van der Waals surface area contributed by atoms with Crippen molar-refractivity contribution in [3.8, 4) is 0 Å². The molecule has 1 unspecified atom stereocenters. The summed E-state index contributed by atoms with van der Waals surface area (Å²) in [4.78, 5) is 22.3. The molecule has 1 aromatic rings. The zero-order chi connectivity index (χ0) is 13.7. The van der Waals surface area contributed by atoms with Gasteiger partial charge in [0.15, 0.2) is 0 Å². The van der Waals surface area contributed by atoms with Crippen molar-refractivity contribution in [1.82, 2.24) is 5.32 Å². The summed E-state index contributed by atoms with van der Waals surface area (Å²) in [5, 5.41) is 11.2. The van der Waals surface area contributed by atoms with Gasteiger partial charge in [-0.05, 0) is 40.0 Å². The van der Waals surface area contributed by atoms with Gasteiger partial charge in [-0.3, -0.25) is 4.79 Å². The molecule has 1 aromatic carbocycles. The van der Waals surface area contributed by atoms with Gasteiger partial charge in [0.05, 0.1) is 10.9 Å². The molecule has 2 N–H and O–H groups in total. The Bertz CT molecular complexity index is 465. The van der Waals surface area contributed by atoms with Crippen LogP contribution in [0.2, 0.25) is 0 Å². The molecular formula is C12H13BrFNO3. The lowest BCUT2D eigenvalue weighted by molar-refractivity contribution is -0.141. The number of rotatable bonds is 5. The second kappa shape index (κ2) is 6.49. The number of hydrogen-bond donors (Lipinski definition) is 2. The Kier molecular flexibility index (Phi) is 5.27. The van der Waals surface area contributed by atoms with Gasteiger partial charge in [0.1, 0.15) is 11.9 Å². The van der Waals surface area contributed by atoms with Crippen molar-refractivity contribution in [2.24, 2.45) is 0 Å². The number of amides is 1. The van der Waals surface area contributed by atoms with Crippen LogP contribution in [0.1, 0.15) is 18.9 Å². The van der Waals surface area contributed by atoms with E-state index in [2.05, 4.69) is 21.2 Å². The summed E-state index contributed by atoms with van der Waals surface area (Å²) < 4.78 is 13.5. The van der Waals surface area contributed by atoms with Gasteiger partial charge >= 0.3 is 5.97 Å². The van der Waals surface area contributed by atoms with Crippen LogP contribution in [0.5, 0.6) is 0 Å². The highest BCUT2D eigenvalue weighted by atomic mass is 79.9.